The SMILES string of the molecule is Cc1nnc(SCC(=O)Nc2nonc2NC(=O)CSc2nnc(C)s2)s1. The van der Waals surface area contributed by atoms with E-state index in [-0.39, 0.29) is 35.0 Å². The molecule has 0 bridgehead atoms. The molecule has 3 heterocycles. The maximum absolute atomic E-state index is 12.0. The highest BCUT2D eigenvalue weighted by atomic mass is 32.2. The van der Waals surface area contributed by atoms with Crippen LogP contribution in [0.3, 0.4) is 0 Å². The predicted molar refractivity (Wildman–Crippen MR) is 102 cm³/mol. The van der Waals surface area contributed by atoms with Crippen LogP contribution in [-0.4, -0.2) is 54.0 Å². The quantitative estimate of drug-likeness (QED) is 0.490. The summed E-state index contributed by atoms with van der Waals surface area (Å²) in [5.74, 6) is -0.365. The highest BCUT2D eigenvalue weighted by Gasteiger charge is 2.17. The van der Waals surface area contributed by atoms with Crippen molar-refractivity contribution >= 4 is 69.6 Å². The zero-order valence-electron chi connectivity index (χ0n) is 14.0. The van der Waals surface area contributed by atoms with Crippen LogP contribution in [0.15, 0.2) is 13.3 Å². The Morgan fingerprint density at radius 1 is 0.852 bits per heavy atom. The van der Waals surface area contributed by atoms with Gasteiger partial charge in [-0.15, -0.1) is 20.4 Å². The summed E-state index contributed by atoms with van der Waals surface area (Å²) in [6.07, 6.45) is 0. The minimum Gasteiger partial charge on any atom is -0.304 e. The third-order valence-corrected chi connectivity index (χ3v) is 6.62. The Labute approximate surface area is 169 Å². The van der Waals surface area contributed by atoms with Gasteiger partial charge in [0.15, 0.2) is 8.68 Å². The number of amides is 2. The first-order valence-electron chi connectivity index (χ1n) is 7.27. The summed E-state index contributed by atoms with van der Waals surface area (Å²) in [4.78, 5) is 24.1. The molecule has 3 aromatic heterocycles. The van der Waals surface area contributed by atoms with E-state index in [1.165, 1.54) is 46.2 Å². The van der Waals surface area contributed by atoms with Crippen molar-refractivity contribution < 1.29 is 14.2 Å². The lowest BCUT2D eigenvalue weighted by Crippen LogP contribution is -2.19. The smallest absolute Gasteiger partial charge is 0.236 e. The van der Waals surface area contributed by atoms with Gasteiger partial charge in [0.1, 0.15) is 10.0 Å². The number of aromatic nitrogens is 6. The lowest BCUT2D eigenvalue weighted by molar-refractivity contribution is -0.114. The van der Waals surface area contributed by atoms with E-state index < -0.39 is 0 Å². The molecule has 0 aliphatic heterocycles. The molecule has 0 spiro atoms. The average molecular weight is 445 g/mol. The summed E-state index contributed by atoms with van der Waals surface area (Å²) in [5.41, 5.74) is 0. The second-order valence-electron chi connectivity index (χ2n) is 4.81. The summed E-state index contributed by atoms with van der Waals surface area (Å²) < 4.78 is 5.98. The monoisotopic (exact) mass is 444 g/mol. The van der Waals surface area contributed by atoms with E-state index in [9.17, 15) is 9.59 Å². The minimum absolute atomic E-state index is 0.0409. The van der Waals surface area contributed by atoms with Gasteiger partial charge in [0, 0.05) is 0 Å². The largest absolute Gasteiger partial charge is 0.304 e. The predicted octanol–water partition coefficient (Wildman–Crippen LogP) is 1.85. The fraction of sp³-hybridized carbons (Fsp3) is 0.333. The summed E-state index contributed by atoms with van der Waals surface area (Å²) in [6, 6.07) is 0. The molecule has 3 aromatic rings. The Balaban J connectivity index is 1.47. The van der Waals surface area contributed by atoms with Gasteiger partial charge in [-0.25, -0.2) is 4.63 Å². The van der Waals surface area contributed by atoms with Crippen molar-refractivity contribution in [2.24, 2.45) is 0 Å². The molecule has 0 aliphatic carbocycles. The first-order valence-corrected chi connectivity index (χ1v) is 10.9. The van der Waals surface area contributed by atoms with Crippen LogP contribution in [0.5, 0.6) is 0 Å². The Bertz CT molecular complexity index is 866. The molecule has 0 fully saturated rings. The second kappa shape index (κ2) is 9.20. The second-order valence-corrected chi connectivity index (χ2v) is 9.62. The first kappa shape index (κ1) is 19.7. The Kier molecular flexibility index (Phi) is 6.70. The Morgan fingerprint density at radius 2 is 1.30 bits per heavy atom. The van der Waals surface area contributed by atoms with E-state index >= 15 is 0 Å². The zero-order valence-corrected chi connectivity index (χ0v) is 17.2. The topological polar surface area (TPSA) is 149 Å². The molecule has 142 valence electrons. The molecular weight excluding hydrogens is 432 g/mol. The number of anilines is 2. The number of nitrogens with one attached hydrogen (secondary N) is 2. The van der Waals surface area contributed by atoms with Crippen LogP contribution in [0.1, 0.15) is 10.0 Å². The van der Waals surface area contributed by atoms with Gasteiger partial charge in [-0.2, -0.15) is 0 Å². The van der Waals surface area contributed by atoms with Crippen molar-refractivity contribution in [3.63, 3.8) is 0 Å². The van der Waals surface area contributed by atoms with Gasteiger partial charge in [0.25, 0.3) is 0 Å². The number of rotatable bonds is 8. The summed E-state index contributed by atoms with van der Waals surface area (Å²) in [5, 5.41) is 29.5. The first-order chi connectivity index (χ1) is 13.0. The molecule has 2 amide bonds. The number of aryl methyl sites for hydroxylation is 2. The fourth-order valence-electron chi connectivity index (χ4n) is 1.62. The van der Waals surface area contributed by atoms with E-state index in [2.05, 4.69) is 46.0 Å². The van der Waals surface area contributed by atoms with Crippen molar-refractivity contribution in [2.75, 3.05) is 22.1 Å². The number of hydrogen-bond donors (Lipinski definition) is 2. The van der Waals surface area contributed by atoms with Crippen LogP contribution in [0, 0.1) is 13.8 Å². The van der Waals surface area contributed by atoms with Crippen molar-refractivity contribution in [3.8, 4) is 0 Å². The molecule has 11 nitrogen and oxygen atoms in total. The molecular formula is C12H12N8O3S4. The normalized spacial score (nSPS) is 10.7. The zero-order chi connectivity index (χ0) is 19.2. The van der Waals surface area contributed by atoms with Crippen LogP contribution in [0.2, 0.25) is 0 Å². The van der Waals surface area contributed by atoms with Crippen molar-refractivity contribution in [1.82, 2.24) is 30.7 Å². The molecule has 0 aromatic carbocycles. The van der Waals surface area contributed by atoms with Gasteiger partial charge >= 0.3 is 0 Å². The Hall–Kier alpha value is -2.10. The van der Waals surface area contributed by atoms with Crippen molar-refractivity contribution in [2.45, 2.75) is 22.5 Å². The minimum atomic E-state index is -0.335. The number of nitrogens with zero attached hydrogens (tertiary/aromatic N) is 6. The van der Waals surface area contributed by atoms with Gasteiger partial charge in [-0.3, -0.25) is 9.59 Å². The van der Waals surface area contributed by atoms with E-state index in [0.29, 0.717) is 8.68 Å². The van der Waals surface area contributed by atoms with Crippen LogP contribution in [-0.2, 0) is 9.59 Å². The maximum Gasteiger partial charge on any atom is 0.236 e. The van der Waals surface area contributed by atoms with Crippen LogP contribution in [0.4, 0.5) is 11.6 Å². The van der Waals surface area contributed by atoms with Gasteiger partial charge in [0.05, 0.1) is 11.5 Å². The number of thioether (sulfide) groups is 2. The summed E-state index contributed by atoms with van der Waals surface area (Å²) in [7, 11) is 0. The van der Waals surface area contributed by atoms with Crippen molar-refractivity contribution in [1.29, 1.82) is 0 Å². The Morgan fingerprint density at radius 3 is 1.67 bits per heavy atom. The third kappa shape index (κ3) is 5.95. The summed E-state index contributed by atoms with van der Waals surface area (Å²) in [6.45, 7) is 3.67. The molecule has 2 N–H and O–H groups in total. The average Bonchev–Trinajstić information content (AvgIpc) is 3.34. The highest BCUT2D eigenvalue weighted by Crippen LogP contribution is 2.24. The van der Waals surface area contributed by atoms with E-state index in [1.807, 2.05) is 13.8 Å². The molecule has 0 unspecified atom stereocenters. The van der Waals surface area contributed by atoms with Gasteiger partial charge < -0.3 is 10.6 Å². The lowest BCUT2D eigenvalue weighted by Gasteiger charge is -2.03. The highest BCUT2D eigenvalue weighted by molar-refractivity contribution is 8.01. The van der Waals surface area contributed by atoms with Crippen LogP contribution >= 0.6 is 46.2 Å². The standard InChI is InChI=1S/C12H12N8O3S4/c1-5-15-17-11(26-5)24-3-7(21)13-9-10(20-23-19-9)14-8(22)4-25-12-18-16-6(2)27-12/h3-4H2,1-2H3,(H,13,19,21)(H,14,20,22). The lowest BCUT2D eigenvalue weighted by atomic mass is 10.5. The van der Waals surface area contributed by atoms with Crippen LogP contribution in [0.25, 0.3) is 0 Å². The van der Waals surface area contributed by atoms with E-state index in [4.69, 9.17) is 0 Å². The number of carbonyl (C=O) groups is 2. The van der Waals surface area contributed by atoms with Gasteiger partial charge in [-0.05, 0) is 24.2 Å². The maximum atomic E-state index is 12.0. The number of hydrogen-bond acceptors (Lipinski definition) is 13. The molecule has 0 radical (unpaired) electrons. The molecule has 3 rings (SSSR count). The molecule has 0 saturated heterocycles. The molecule has 27 heavy (non-hydrogen) atoms. The van der Waals surface area contributed by atoms with E-state index in [0.717, 1.165) is 10.0 Å². The van der Waals surface area contributed by atoms with E-state index in [1.54, 1.807) is 0 Å². The molecule has 15 heteroatoms. The van der Waals surface area contributed by atoms with Gasteiger partial charge in [0.2, 0.25) is 23.5 Å². The molecule has 0 aliphatic rings. The third-order valence-electron chi connectivity index (χ3n) is 2.67. The summed E-state index contributed by atoms with van der Waals surface area (Å²) >= 11 is 5.30. The molecule has 0 saturated carbocycles. The van der Waals surface area contributed by atoms with Gasteiger partial charge in [-0.1, -0.05) is 46.2 Å². The number of carbonyl (C=O) groups excluding carboxylic acids is 2. The van der Waals surface area contributed by atoms with Crippen molar-refractivity contribution in [3.05, 3.63) is 10.0 Å². The molecule has 0 atom stereocenters. The fourth-order valence-corrected chi connectivity index (χ4v) is 4.85. The van der Waals surface area contributed by atoms with Crippen LogP contribution < -0.4 is 10.6 Å².